The Morgan fingerprint density at radius 2 is 0.901 bits per heavy atom. The summed E-state index contributed by atoms with van der Waals surface area (Å²) in [4.78, 5) is 128. The van der Waals surface area contributed by atoms with Gasteiger partial charge in [-0.15, -0.1) is 5.06 Å². The molecule has 7 amide bonds. The van der Waals surface area contributed by atoms with Gasteiger partial charge in [0.1, 0.15) is 31.3 Å². The number of methoxy groups -OCH3 is 2. The molecule has 0 radical (unpaired) electrons. The summed E-state index contributed by atoms with van der Waals surface area (Å²) in [6, 6.07) is 29.7. The number of carbonyl (C=O) groups excluding carboxylic acids is 10. The first-order valence-electron chi connectivity index (χ1n) is 30.4. The van der Waals surface area contributed by atoms with Crippen molar-refractivity contribution >= 4 is 103 Å². The molecule has 4 aromatic carbocycles. The quantitative estimate of drug-likeness (QED) is 0.0103. The number of ether oxygens (including phenoxy) is 4. The topological polar surface area (TPSA) is 280 Å². The number of imide groups is 1. The lowest BCUT2D eigenvalue weighted by atomic mass is 9.98. The number of hydrogen-bond acceptors (Lipinski definition) is 19. The number of nitrogens with zero attached hydrogens (tertiary/aromatic N) is 1. The van der Waals surface area contributed by atoms with Crippen LogP contribution in [-0.4, -0.2) is 144 Å². The maximum atomic E-state index is 13.1. The predicted octanol–water partition coefficient (Wildman–Crippen LogP) is 10.3. The van der Waals surface area contributed by atoms with E-state index in [0.717, 1.165) is 44.5 Å². The van der Waals surface area contributed by atoms with Crippen LogP contribution in [0.1, 0.15) is 146 Å². The first-order valence-corrected chi connectivity index (χ1v) is 35.0. The summed E-state index contributed by atoms with van der Waals surface area (Å²) in [7, 11) is 8.64. The van der Waals surface area contributed by atoms with Crippen LogP contribution in [0, 0.1) is 0 Å². The van der Waals surface area contributed by atoms with Gasteiger partial charge in [-0.05, 0) is 70.2 Å². The first-order chi connectivity index (χ1) is 43.5. The highest BCUT2D eigenvalue weighted by atomic mass is 33.1. The molecule has 25 heteroatoms. The number of fused-ring (bicyclic) bond motifs is 6. The van der Waals surface area contributed by atoms with Gasteiger partial charge in [-0.3, -0.25) is 28.8 Å². The van der Waals surface area contributed by atoms with E-state index in [1.165, 1.54) is 35.8 Å². The number of hydroxylamine groups is 2. The number of amides is 7. The molecule has 5 N–H and O–H groups in total. The second-order valence-corrected chi connectivity index (χ2v) is 30.0. The van der Waals surface area contributed by atoms with Crippen molar-refractivity contribution in [3.8, 4) is 22.3 Å². The van der Waals surface area contributed by atoms with Gasteiger partial charge in [-0.25, -0.2) is 19.2 Å². The summed E-state index contributed by atoms with van der Waals surface area (Å²) in [6.45, 7) is 13.5. The SMILES string of the molecule is CC(C)(C)SSCC(NC(=O)OCC1c2ccccc2-c2ccccc21)C(=O)NCCCCCC(=O)ON1C(=O)CCC1=O.COC(=O)CC(NC(=O)CCCCCNC(=O)C(CSSC(C)(C)C)NC(=O)OCC1c2ccccc2-c2ccccc21)C(=O)OC. The van der Waals surface area contributed by atoms with Gasteiger partial charge in [0.05, 0.1) is 20.6 Å². The molecule has 4 aromatic rings. The van der Waals surface area contributed by atoms with Gasteiger partial charge in [-0.2, -0.15) is 0 Å². The highest BCUT2D eigenvalue weighted by molar-refractivity contribution is 8.77. The second kappa shape index (κ2) is 36.1. The van der Waals surface area contributed by atoms with Crippen molar-refractivity contribution in [2.24, 2.45) is 0 Å². The average Bonchev–Trinajstić information content (AvgIpc) is 1.65. The van der Waals surface area contributed by atoms with E-state index in [9.17, 15) is 47.9 Å². The lowest BCUT2D eigenvalue weighted by molar-refractivity contribution is -0.197. The summed E-state index contributed by atoms with van der Waals surface area (Å²) in [5.41, 5.74) is 8.98. The van der Waals surface area contributed by atoms with Crippen LogP contribution >= 0.6 is 43.2 Å². The van der Waals surface area contributed by atoms with Crippen LogP contribution in [0.25, 0.3) is 22.3 Å². The van der Waals surface area contributed by atoms with Crippen molar-refractivity contribution in [2.45, 2.75) is 152 Å². The highest BCUT2D eigenvalue weighted by Crippen LogP contribution is 2.46. The number of benzene rings is 4. The molecule has 1 heterocycles. The molecule has 1 fully saturated rings. The van der Waals surface area contributed by atoms with Crippen LogP contribution in [-0.2, 0) is 62.1 Å². The lowest BCUT2D eigenvalue weighted by Gasteiger charge is -2.21. The molecule has 21 nitrogen and oxygen atoms in total. The Morgan fingerprint density at radius 1 is 0.505 bits per heavy atom. The monoisotopic (exact) mass is 1330 g/mol. The van der Waals surface area contributed by atoms with E-state index in [2.05, 4.69) is 126 Å². The van der Waals surface area contributed by atoms with Crippen LogP contribution < -0.4 is 26.6 Å². The number of rotatable bonds is 31. The van der Waals surface area contributed by atoms with Crippen LogP contribution in [0.5, 0.6) is 0 Å². The Morgan fingerprint density at radius 3 is 1.29 bits per heavy atom. The molecule has 3 aliphatic rings. The molecule has 3 atom stereocenters. The average molecular weight is 1330 g/mol. The Balaban J connectivity index is 0.000000290. The Hall–Kier alpha value is -7.22. The number of esters is 2. The molecular formula is C66H84N6O15S4. The van der Waals surface area contributed by atoms with Crippen LogP contribution in [0.3, 0.4) is 0 Å². The summed E-state index contributed by atoms with van der Waals surface area (Å²) >= 11 is 0. The molecule has 492 valence electrons. The van der Waals surface area contributed by atoms with Crippen molar-refractivity contribution < 1.29 is 71.7 Å². The molecule has 2 aliphatic carbocycles. The minimum atomic E-state index is -1.12. The maximum absolute atomic E-state index is 13.1. The fraction of sp³-hybridized carbons (Fsp3) is 0.485. The fourth-order valence-electron chi connectivity index (χ4n) is 9.97. The normalized spacial score (nSPS) is 14.2. The zero-order valence-electron chi connectivity index (χ0n) is 52.8. The number of hydrogen-bond donors (Lipinski definition) is 5. The summed E-state index contributed by atoms with van der Waals surface area (Å²) < 4.78 is 20.5. The number of alkyl carbamates (subject to hydrolysis) is 2. The molecule has 0 saturated carbocycles. The zero-order chi connectivity index (χ0) is 66.1. The molecule has 3 unspecified atom stereocenters. The third-order valence-electron chi connectivity index (χ3n) is 14.3. The lowest BCUT2D eigenvalue weighted by Crippen LogP contribution is -2.48. The largest absolute Gasteiger partial charge is 0.469 e. The van der Waals surface area contributed by atoms with Gasteiger partial charge in [0.2, 0.25) is 17.7 Å². The van der Waals surface area contributed by atoms with Crippen molar-refractivity contribution in [1.29, 1.82) is 0 Å². The number of unbranched alkanes of at least 4 members (excludes halogenated alkanes) is 4. The van der Waals surface area contributed by atoms with Crippen molar-refractivity contribution in [1.82, 2.24) is 31.6 Å². The van der Waals surface area contributed by atoms with E-state index in [1.54, 1.807) is 21.6 Å². The van der Waals surface area contributed by atoms with Crippen LogP contribution in [0.15, 0.2) is 97.1 Å². The Bertz CT molecular complexity index is 3080. The second-order valence-electron chi connectivity index (χ2n) is 23.7. The summed E-state index contributed by atoms with van der Waals surface area (Å²) in [5, 5.41) is 14.3. The molecule has 0 spiro atoms. The zero-order valence-corrected chi connectivity index (χ0v) is 56.1. The van der Waals surface area contributed by atoms with Gasteiger partial charge in [0.15, 0.2) is 0 Å². The third-order valence-corrected chi connectivity index (χ3v) is 21.0. The van der Waals surface area contributed by atoms with Crippen LogP contribution in [0.2, 0.25) is 0 Å². The summed E-state index contributed by atoms with van der Waals surface area (Å²) in [5.74, 6) is -3.52. The predicted molar refractivity (Wildman–Crippen MR) is 354 cm³/mol. The van der Waals surface area contributed by atoms with E-state index in [1.807, 2.05) is 48.5 Å². The minimum absolute atomic E-state index is 0.0219. The molecule has 0 aromatic heterocycles. The van der Waals surface area contributed by atoms with Gasteiger partial charge in [0.25, 0.3) is 11.8 Å². The number of nitrogens with one attached hydrogen (secondary N) is 5. The molecule has 91 heavy (non-hydrogen) atoms. The Labute approximate surface area is 548 Å². The van der Waals surface area contributed by atoms with Crippen molar-refractivity contribution in [2.75, 3.05) is 52.0 Å². The first kappa shape index (κ1) is 72.8. The highest BCUT2D eigenvalue weighted by Gasteiger charge is 2.35. The standard InChI is InChI=1S/C34H45N3O8S2.C32H39N3O7S2/c1-34(2,3)47-46-21-28(31(40)35-18-12-6-7-17-29(38)36-27(32(41)44-5)19-30(39)43-4)37-33(42)45-20-26-24-15-10-8-13-22(24)23-14-9-11-16-25(23)26;1-32(2,3)44-43-20-26(30(39)33-18-10-4-5-15-29(38)42-35-27(36)16-17-28(35)37)34-31(40)41-19-25-23-13-8-6-11-21(23)22-12-7-9-14-24(22)25/h8-11,13-16,26-28H,6-7,12,17-21H2,1-5H3,(H,35,40)(H,36,38)(H,37,42);6-9,11-14,25-26H,4-5,10,15-20H2,1-3H3,(H,33,39)(H,34,40). The smallest absolute Gasteiger partial charge is 0.407 e. The molecule has 0 bridgehead atoms. The third kappa shape index (κ3) is 23.4. The van der Waals surface area contributed by atoms with Gasteiger partial charge < -0.3 is 50.4 Å². The minimum Gasteiger partial charge on any atom is -0.469 e. The summed E-state index contributed by atoms with van der Waals surface area (Å²) in [6.07, 6.45) is 2.10. The molecular weight excluding hydrogens is 1250 g/mol. The van der Waals surface area contributed by atoms with E-state index in [0.29, 0.717) is 68.2 Å². The molecule has 1 aliphatic heterocycles. The van der Waals surface area contributed by atoms with E-state index in [4.69, 9.17) is 14.3 Å². The van der Waals surface area contributed by atoms with E-state index in [-0.39, 0.29) is 78.5 Å². The van der Waals surface area contributed by atoms with Crippen LogP contribution in [0.4, 0.5) is 9.59 Å². The van der Waals surface area contributed by atoms with Gasteiger partial charge in [0, 0.05) is 71.6 Å². The van der Waals surface area contributed by atoms with Gasteiger partial charge >= 0.3 is 30.1 Å². The fourth-order valence-corrected chi connectivity index (χ4v) is 14.9. The molecule has 7 rings (SSSR count). The van der Waals surface area contributed by atoms with Crippen molar-refractivity contribution in [3.63, 3.8) is 0 Å². The van der Waals surface area contributed by atoms with E-state index < -0.39 is 65.9 Å². The maximum Gasteiger partial charge on any atom is 0.407 e. The Kier molecular flexibility index (Phi) is 28.9. The van der Waals surface area contributed by atoms with Gasteiger partial charge in [-0.1, -0.05) is 195 Å². The molecule has 1 saturated heterocycles. The van der Waals surface area contributed by atoms with Crippen molar-refractivity contribution in [3.05, 3.63) is 119 Å². The number of carbonyl (C=O) groups is 10. The van der Waals surface area contributed by atoms with E-state index >= 15 is 0 Å².